The van der Waals surface area contributed by atoms with Crippen LogP contribution in [0.2, 0.25) is 0 Å². The average Bonchev–Trinajstić information content (AvgIpc) is 2.05. The van der Waals surface area contributed by atoms with Crippen molar-refractivity contribution in [2.75, 3.05) is 7.05 Å². The molecule has 66 valence electrons. The minimum Gasteiger partial charge on any atom is -0.394 e. The summed E-state index contributed by atoms with van der Waals surface area (Å²) in [6, 6.07) is 0.294. The molecule has 0 saturated carbocycles. The molecule has 0 amide bonds. The van der Waals surface area contributed by atoms with E-state index in [-0.39, 0.29) is 0 Å². The van der Waals surface area contributed by atoms with E-state index < -0.39 is 0 Å². The fraction of sp³-hybridized carbons (Fsp3) is 0.667. The minimum absolute atomic E-state index is 0.294. The summed E-state index contributed by atoms with van der Waals surface area (Å²) in [5.74, 6) is 0. The van der Waals surface area contributed by atoms with Crippen molar-refractivity contribution in [2.45, 2.75) is 33.7 Å². The van der Waals surface area contributed by atoms with Gasteiger partial charge >= 0.3 is 0 Å². The number of hydrogen-bond donors (Lipinski definition) is 1. The highest BCUT2D eigenvalue weighted by Gasteiger charge is 1.85. The van der Waals surface area contributed by atoms with Crippen molar-refractivity contribution in [3.8, 4) is 0 Å². The molecule has 11 heavy (non-hydrogen) atoms. The Labute approximate surface area is 70.4 Å². The van der Waals surface area contributed by atoms with Gasteiger partial charge in [0.25, 0.3) is 0 Å². The van der Waals surface area contributed by atoms with E-state index in [1.807, 2.05) is 53.2 Å². The lowest BCUT2D eigenvalue weighted by atomic mass is 10.3. The molecule has 1 atom stereocenters. The molecule has 2 heteroatoms. The molecule has 0 aliphatic carbocycles. The molecule has 0 fully saturated rings. The fourth-order valence-corrected chi connectivity index (χ4v) is 0.520. The van der Waals surface area contributed by atoms with Crippen LogP contribution in [0.15, 0.2) is 17.3 Å². The molecular weight excluding hydrogens is 136 g/mol. The van der Waals surface area contributed by atoms with Crippen LogP contribution in [-0.2, 0) is 0 Å². The molecule has 1 unspecified atom stereocenters. The Morgan fingerprint density at radius 1 is 1.36 bits per heavy atom. The standard InChI is InChI=1S/C7H14N2.C2H6/c1-4-9-7(2)5-6-8-3;1-2/h4-8H,1-3H3;1-2H3. The highest BCUT2D eigenvalue weighted by molar-refractivity contribution is 5.53. The van der Waals surface area contributed by atoms with Gasteiger partial charge in [-0.25, -0.2) is 0 Å². The molecule has 2 nitrogen and oxygen atoms in total. The van der Waals surface area contributed by atoms with Crippen molar-refractivity contribution >= 4 is 6.21 Å². The van der Waals surface area contributed by atoms with E-state index in [0.717, 1.165) is 0 Å². The summed E-state index contributed by atoms with van der Waals surface area (Å²) in [6.45, 7) is 7.96. The topological polar surface area (TPSA) is 24.4 Å². The zero-order valence-electron chi connectivity index (χ0n) is 8.26. The highest BCUT2D eigenvalue weighted by atomic mass is 14.8. The van der Waals surface area contributed by atoms with E-state index in [1.54, 1.807) is 0 Å². The normalized spacial score (nSPS) is 12.8. The third-order valence-corrected chi connectivity index (χ3v) is 0.926. The first-order valence-corrected chi connectivity index (χ1v) is 4.13. The van der Waals surface area contributed by atoms with Crippen molar-refractivity contribution in [2.24, 2.45) is 4.99 Å². The third-order valence-electron chi connectivity index (χ3n) is 0.926. The van der Waals surface area contributed by atoms with Crippen LogP contribution in [0.3, 0.4) is 0 Å². The second-order valence-electron chi connectivity index (χ2n) is 1.80. The lowest BCUT2D eigenvalue weighted by Crippen LogP contribution is -1.97. The summed E-state index contributed by atoms with van der Waals surface area (Å²) in [4.78, 5) is 4.11. The Bertz CT molecular complexity index is 106. The van der Waals surface area contributed by atoms with Gasteiger partial charge in [-0.05, 0) is 32.3 Å². The average molecular weight is 156 g/mol. The first-order chi connectivity index (χ1) is 5.31. The van der Waals surface area contributed by atoms with E-state index in [1.165, 1.54) is 0 Å². The Morgan fingerprint density at radius 2 is 1.91 bits per heavy atom. The van der Waals surface area contributed by atoms with Gasteiger partial charge in [0.2, 0.25) is 0 Å². The van der Waals surface area contributed by atoms with Crippen LogP contribution in [0, 0.1) is 0 Å². The monoisotopic (exact) mass is 156 g/mol. The first-order valence-electron chi connectivity index (χ1n) is 4.13. The quantitative estimate of drug-likeness (QED) is 0.622. The number of rotatable bonds is 3. The smallest absolute Gasteiger partial charge is 0.0664 e. The Balaban J connectivity index is 0. The van der Waals surface area contributed by atoms with Gasteiger partial charge in [-0.3, -0.25) is 4.99 Å². The van der Waals surface area contributed by atoms with Gasteiger partial charge in [0.15, 0.2) is 0 Å². The van der Waals surface area contributed by atoms with Crippen molar-refractivity contribution in [1.82, 2.24) is 5.32 Å². The molecule has 0 aromatic heterocycles. The largest absolute Gasteiger partial charge is 0.394 e. The number of nitrogens with one attached hydrogen (secondary N) is 1. The Kier molecular flexibility index (Phi) is 13.9. The van der Waals surface area contributed by atoms with E-state index in [0.29, 0.717) is 6.04 Å². The number of aliphatic imine (C=N–C) groups is 1. The summed E-state index contributed by atoms with van der Waals surface area (Å²) in [7, 11) is 1.87. The van der Waals surface area contributed by atoms with Gasteiger partial charge in [-0.15, -0.1) is 0 Å². The van der Waals surface area contributed by atoms with Crippen LogP contribution in [0.5, 0.6) is 0 Å². The van der Waals surface area contributed by atoms with Gasteiger partial charge in [0.05, 0.1) is 6.04 Å². The van der Waals surface area contributed by atoms with Crippen molar-refractivity contribution in [1.29, 1.82) is 0 Å². The molecule has 0 heterocycles. The predicted molar refractivity (Wildman–Crippen MR) is 53.2 cm³/mol. The molecular formula is C9H20N2. The second-order valence-corrected chi connectivity index (χ2v) is 1.80. The molecule has 0 rings (SSSR count). The van der Waals surface area contributed by atoms with Crippen LogP contribution in [0.4, 0.5) is 0 Å². The molecule has 0 aromatic carbocycles. The van der Waals surface area contributed by atoms with Crippen molar-refractivity contribution in [3.05, 3.63) is 12.3 Å². The molecule has 0 bridgehead atoms. The van der Waals surface area contributed by atoms with E-state index in [2.05, 4.69) is 10.3 Å². The van der Waals surface area contributed by atoms with Crippen LogP contribution in [-0.4, -0.2) is 19.3 Å². The third kappa shape index (κ3) is 12.4. The highest BCUT2D eigenvalue weighted by Crippen LogP contribution is 1.87. The van der Waals surface area contributed by atoms with E-state index in [4.69, 9.17) is 0 Å². The first kappa shape index (κ1) is 12.8. The maximum absolute atomic E-state index is 4.11. The molecule has 0 saturated heterocycles. The van der Waals surface area contributed by atoms with Crippen LogP contribution in [0.25, 0.3) is 0 Å². The Morgan fingerprint density at radius 3 is 2.27 bits per heavy atom. The van der Waals surface area contributed by atoms with E-state index in [9.17, 15) is 0 Å². The number of hydrogen-bond acceptors (Lipinski definition) is 2. The second kappa shape index (κ2) is 11.9. The maximum Gasteiger partial charge on any atom is 0.0664 e. The van der Waals surface area contributed by atoms with Crippen molar-refractivity contribution < 1.29 is 0 Å². The fourth-order valence-electron chi connectivity index (χ4n) is 0.520. The summed E-state index contributed by atoms with van der Waals surface area (Å²) >= 11 is 0. The zero-order chi connectivity index (χ0) is 9.11. The molecule has 0 radical (unpaired) electrons. The molecule has 0 aromatic rings. The predicted octanol–water partition coefficient (Wildman–Crippen LogP) is 2.22. The SMILES string of the molecule is CC.CC=NC(C)C=CNC. The van der Waals surface area contributed by atoms with Crippen molar-refractivity contribution in [3.63, 3.8) is 0 Å². The minimum atomic E-state index is 0.294. The van der Waals surface area contributed by atoms with Crippen LogP contribution in [0.1, 0.15) is 27.7 Å². The number of nitrogens with zero attached hydrogens (tertiary/aromatic N) is 1. The Hall–Kier alpha value is -0.790. The summed E-state index contributed by atoms with van der Waals surface area (Å²) < 4.78 is 0. The molecule has 0 aliphatic heterocycles. The molecule has 1 N–H and O–H groups in total. The zero-order valence-corrected chi connectivity index (χ0v) is 8.26. The van der Waals surface area contributed by atoms with Crippen LogP contribution >= 0.6 is 0 Å². The molecule has 0 aliphatic rings. The van der Waals surface area contributed by atoms with Crippen LogP contribution < -0.4 is 5.32 Å². The van der Waals surface area contributed by atoms with Gasteiger partial charge < -0.3 is 5.32 Å². The summed E-state index contributed by atoms with van der Waals surface area (Å²) in [6.07, 6.45) is 5.70. The van der Waals surface area contributed by atoms with Gasteiger partial charge in [0, 0.05) is 7.05 Å². The molecule has 0 spiro atoms. The lowest BCUT2D eigenvalue weighted by Gasteiger charge is -1.94. The summed E-state index contributed by atoms with van der Waals surface area (Å²) in [5.41, 5.74) is 0. The summed E-state index contributed by atoms with van der Waals surface area (Å²) in [5, 5.41) is 2.90. The maximum atomic E-state index is 4.11. The lowest BCUT2D eigenvalue weighted by molar-refractivity contribution is 0.915. The van der Waals surface area contributed by atoms with Gasteiger partial charge in [-0.2, -0.15) is 0 Å². The van der Waals surface area contributed by atoms with Gasteiger partial charge in [0.1, 0.15) is 0 Å². The van der Waals surface area contributed by atoms with E-state index >= 15 is 0 Å². The van der Waals surface area contributed by atoms with Gasteiger partial charge in [-0.1, -0.05) is 13.8 Å².